The minimum absolute atomic E-state index is 0. The normalized spacial score (nSPS) is 15.5. The number of likely N-dealkylation sites (N-methyl/N-ethyl adjacent to an activating group) is 1. The molecule has 0 radical (unpaired) electrons. The number of hydrogen-bond acceptors (Lipinski definition) is 5. The Labute approximate surface area is 206 Å². The lowest BCUT2D eigenvalue weighted by Gasteiger charge is -2.41. The SMILES string of the molecule is CCN(CC)CCOc1ccc(CNC(=NC)NCC(C)(C)N2CCOCC2)cc1.I. The maximum Gasteiger partial charge on any atom is 0.191 e. The second-order valence-corrected chi connectivity index (χ2v) is 8.21. The largest absolute Gasteiger partial charge is 0.492 e. The van der Waals surface area contributed by atoms with Crippen molar-refractivity contribution in [1.82, 2.24) is 20.4 Å². The minimum atomic E-state index is 0. The number of rotatable bonds is 11. The van der Waals surface area contributed by atoms with Crippen molar-refractivity contribution in [2.24, 2.45) is 4.99 Å². The molecule has 1 fully saturated rings. The topological polar surface area (TPSA) is 61.4 Å². The summed E-state index contributed by atoms with van der Waals surface area (Å²) in [5.74, 6) is 1.73. The second-order valence-electron chi connectivity index (χ2n) is 8.21. The number of nitrogens with one attached hydrogen (secondary N) is 2. The number of benzene rings is 1. The Hall–Kier alpha value is -1.10. The molecule has 0 unspecified atom stereocenters. The van der Waals surface area contributed by atoms with E-state index < -0.39 is 0 Å². The summed E-state index contributed by atoms with van der Waals surface area (Å²) in [6.45, 7) is 17.8. The minimum Gasteiger partial charge on any atom is -0.492 e. The van der Waals surface area contributed by atoms with Crippen LogP contribution in [0.1, 0.15) is 33.3 Å². The summed E-state index contributed by atoms with van der Waals surface area (Å²) in [6, 6.07) is 8.28. The first-order valence-electron chi connectivity index (χ1n) is 11.2. The number of halogens is 1. The average molecular weight is 548 g/mol. The molecule has 2 rings (SSSR count). The highest BCUT2D eigenvalue weighted by Gasteiger charge is 2.28. The van der Waals surface area contributed by atoms with E-state index in [0.29, 0.717) is 0 Å². The smallest absolute Gasteiger partial charge is 0.191 e. The van der Waals surface area contributed by atoms with Crippen molar-refractivity contribution in [3.8, 4) is 5.75 Å². The Morgan fingerprint density at radius 1 is 1.13 bits per heavy atom. The summed E-state index contributed by atoms with van der Waals surface area (Å²) in [5.41, 5.74) is 1.24. The molecule has 2 N–H and O–H groups in total. The molecule has 7 nitrogen and oxygen atoms in total. The van der Waals surface area contributed by atoms with Crippen LogP contribution in [0.5, 0.6) is 5.75 Å². The van der Waals surface area contributed by atoms with Gasteiger partial charge in [-0.15, -0.1) is 24.0 Å². The zero-order chi connectivity index (χ0) is 21.8. The molecule has 0 aromatic heterocycles. The van der Waals surface area contributed by atoms with Crippen LogP contribution in [-0.4, -0.2) is 87.4 Å². The van der Waals surface area contributed by atoms with Gasteiger partial charge in [0.25, 0.3) is 0 Å². The number of aliphatic imine (C=N–C) groups is 1. The second kappa shape index (κ2) is 14.9. The highest BCUT2D eigenvalue weighted by Crippen LogP contribution is 2.15. The number of morpholine rings is 1. The maximum atomic E-state index is 5.86. The average Bonchev–Trinajstić information content (AvgIpc) is 2.78. The van der Waals surface area contributed by atoms with Crippen molar-refractivity contribution in [2.75, 3.05) is 66.1 Å². The van der Waals surface area contributed by atoms with Gasteiger partial charge in [-0.05, 0) is 44.6 Å². The van der Waals surface area contributed by atoms with Crippen LogP contribution in [0.4, 0.5) is 0 Å². The Balaban J connectivity index is 0.00000480. The molecule has 0 spiro atoms. The monoisotopic (exact) mass is 547 g/mol. The molecule has 1 aliphatic rings. The Morgan fingerprint density at radius 3 is 2.35 bits per heavy atom. The van der Waals surface area contributed by atoms with E-state index >= 15 is 0 Å². The van der Waals surface area contributed by atoms with Crippen LogP contribution in [0.15, 0.2) is 29.3 Å². The van der Waals surface area contributed by atoms with Gasteiger partial charge in [0.1, 0.15) is 12.4 Å². The van der Waals surface area contributed by atoms with Crippen molar-refractivity contribution in [3.63, 3.8) is 0 Å². The molecule has 8 heteroatoms. The van der Waals surface area contributed by atoms with Gasteiger partial charge in [-0.2, -0.15) is 0 Å². The number of ether oxygens (including phenoxy) is 2. The van der Waals surface area contributed by atoms with E-state index in [9.17, 15) is 0 Å². The first kappa shape index (κ1) is 27.9. The molecule has 1 heterocycles. The lowest BCUT2D eigenvalue weighted by Crippen LogP contribution is -2.56. The third kappa shape index (κ3) is 9.93. The maximum absolute atomic E-state index is 5.86. The lowest BCUT2D eigenvalue weighted by atomic mass is 10.0. The van der Waals surface area contributed by atoms with E-state index in [1.54, 1.807) is 0 Å². The molecule has 1 saturated heterocycles. The molecule has 0 atom stereocenters. The van der Waals surface area contributed by atoms with Gasteiger partial charge in [-0.25, -0.2) is 0 Å². The first-order valence-corrected chi connectivity index (χ1v) is 11.2. The lowest BCUT2D eigenvalue weighted by molar-refractivity contribution is -0.00834. The fourth-order valence-electron chi connectivity index (χ4n) is 3.52. The fraction of sp³-hybridized carbons (Fsp3) is 0.696. The molecular weight excluding hydrogens is 505 g/mol. The zero-order valence-electron chi connectivity index (χ0n) is 19.9. The third-order valence-corrected chi connectivity index (χ3v) is 5.73. The van der Waals surface area contributed by atoms with Crippen LogP contribution in [0.3, 0.4) is 0 Å². The summed E-state index contributed by atoms with van der Waals surface area (Å²) < 4.78 is 11.3. The van der Waals surface area contributed by atoms with Gasteiger partial charge < -0.3 is 25.0 Å². The van der Waals surface area contributed by atoms with Gasteiger partial charge in [0.2, 0.25) is 0 Å². The van der Waals surface area contributed by atoms with Crippen LogP contribution in [-0.2, 0) is 11.3 Å². The molecule has 0 bridgehead atoms. The summed E-state index contributed by atoms with van der Waals surface area (Å²) in [4.78, 5) is 9.19. The molecule has 0 saturated carbocycles. The van der Waals surface area contributed by atoms with Crippen molar-refractivity contribution >= 4 is 29.9 Å². The highest BCUT2D eigenvalue weighted by molar-refractivity contribution is 14.0. The van der Waals surface area contributed by atoms with Crippen LogP contribution >= 0.6 is 24.0 Å². The van der Waals surface area contributed by atoms with Gasteiger partial charge in [-0.1, -0.05) is 26.0 Å². The van der Waals surface area contributed by atoms with Crippen molar-refractivity contribution in [2.45, 2.75) is 39.8 Å². The highest BCUT2D eigenvalue weighted by atomic mass is 127. The Morgan fingerprint density at radius 2 is 1.77 bits per heavy atom. The predicted molar refractivity (Wildman–Crippen MR) is 140 cm³/mol. The number of nitrogens with zero attached hydrogens (tertiary/aromatic N) is 3. The summed E-state index contributed by atoms with van der Waals surface area (Å²) >= 11 is 0. The molecule has 1 aliphatic heterocycles. The van der Waals surface area contributed by atoms with Crippen LogP contribution < -0.4 is 15.4 Å². The summed E-state index contributed by atoms with van der Waals surface area (Å²) in [7, 11) is 1.81. The Bertz CT molecular complexity index is 629. The van der Waals surface area contributed by atoms with Crippen molar-refractivity contribution in [1.29, 1.82) is 0 Å². The van der Waals surface area contributed by atoms with Gasteiger partial charge in [0.05, 0.1) is 13.2 Å². The molecule has 178 valence electrons. The molecule has 0 aliphatic carbocycles. The van der Waals surface area contributed by atoms with Crippen molar-refractivity contribution < 1.29 is 9.47 Å². The Kier molecular flexibility index (Phi) is 13.4. The number of guanidine groups is 1. The first-order chi connectivity index (χ1) is 14.5. The van der Waals surface area contributed by atoms with Gasteiger partial charge in [-0.3, -0.25) is 9.89 Å². The van der Waals surface area contributed by atoms with Crippen LogP contribution in [0.25, 0.3) is 0 Å². The van der Waals surface area contributed by atoms with E-state index in [2.05, 4.69) is 65.3 Å². The van der Waals surface area contributed by atoms with Crippen LogP contribution in [0.2, 0.25) is 0 Å². The van der Waals surface area contributed by atoms with Crippen LogP contribution in [0, 0.1) is 0 Å². The molecule has 0 amide bonds. The zero-order valence-corrected chi connectivity index (χ0v) is 22.3. The van der Waals surface area contributed by atoms with Gasteiger partial charge in [0.15, 0.2) is 5.96 Å². The third-order valence-electron chi connectivity index (χ3n) is 5.73. The molecule has 1 aromatic carbocycles. The summed E-state index contributed by atoms with van der Waals surface area (Å²) in [5, 5.41) is 6.87. The van der Waals surface area contributed by atoms with Gasteiger partial charge >= 0.3 is 0 Å². The quantitative estimate of drug-likeness (QED) is 0.253. The van der Waals surface area contributed by atoms with E-state index in [0.717, 1.165) is 77.3 Å². The van der Waals surface area contributed by atoms with Crippen molar-refractivity contribution in [3.05, 3.63) is 29.8 Å². The van der Waals surface area contributed by atoms with E-state index in [1.165, 1.54) is 5.56 Å². The van der Waals surface area contributed by atoms with Gasteiger partial charge in [0, 0.05) is 45.3 Å². The molecular formula is C23H42IN5O2. The standard InChI is InChI=1S/C23H41N5O2.HI/c1-6-27(7-2)12-17-30-21-10-8-20(9-11-21)18-25-22(24-5)26-19-23(3,4)28-13-15-29-16-14-28;/h8-11H,6-7,12-19H2,1-5H3,(H2,24,25,26);1H. The fourth-order valence-corrected chi connectivity index (χ4v) is 3.52. The van der Waals surface area contributed by atoms with E-state index in [4.69, 9.17) is 9.47 Å². The van der Waals surface area contributed by atoms with E-state index in [-0.39, 0.29) is 29.5 Å². The summed E-state index contributed by atoms with van der Waals surface area (Å²) in [6.07, 6.45) is 0. The number of hydrogen-bond donors (Lipinski definition) is 2. The molecule has 1 aromatic rings. The molecule has 31 heavy (non-hydrogen) atoms. The predicted octanol–water partition coefficient (Wildman–Crippen LogP) is 2.80. The van der Waals surface area contributed by atoms with E-state index in [1.807, 2.05) is 19.2 Å².